The van der Waals surface area contributed by atoms with Crippen LogP contribution in [0.4, 0.5) is 0 Å². The molecule has 1 aromatic rings. The van der Waals surface area contributed by atoms with Crippen molar-refractivity contribution in [3.05, 3.63) is 39.3 Å². The monoisotopic (exact) mass is 244 g/mol. The van der Waals surface area contributed by atoms with Gasteiger partial charge in [-0.3, -0.25) is 4.79 Å². The molecule has 1 nitrogen and oxygen atoms in total. The van der Waals surface area contributed by atoms with Gasteiger partial charge in [0.25, 0.3) is 0 Å². The van der Waals surface area contributed by atoms with Crippen LogP contribution in [0.1, 0.15) is 5.56 Å². The van der Waals surface area contributed by atoms with E-state index in [0.29, 0.717) is 6.29 Å². The van der Waals surface area contributed by atoms with Gasteiger partial charge in [0.05, 0.1) is 5.03 Å². The molecule has 0 atom stereocenters. The molecule has 0 aliphatic rings. The van der Waals surface area contributed by atoms with Gasteiger partial charge in [0.2, 0.25) is 0 Å². The lowest BCUT2D eigenvalue weighted by Crippen LogP contribution is -1.74. The van der Waals surface area contributed by atoms with Crippen LogP contribution in [0.5, 0.6) is 0 Å². The Balaban J connectivity index is 2.91. The first-order chi connectivity index (χ1) is 5.72. The van der Waals surface area contributed by atoms with E-state index in [4.69, 9.17) is 11.6 Å². The molecule has 0 fully saturated rings. The molecule has 0 spiro atoms. The van der Waals surface area contributed by atoms with E-state index < -0.39 is 0 Å². The number of halogens is 2. The molecule has 0 unspecified atom stereocenters. The van der Waals surface area contributed by atoms with Gasteiger partial charge in [0, 0.05) is 4.47 Å². The minimum Gasteiger partial charge on any atom is -0.297 e. The zero-order valence-electron chi connectivity index (χ0n) is 6.13. The number of carbonyl (C=O) groups is 1. The number of hydrogen-bond donors (Lipinski definition) is 0. The van der Waals surface area contributed by atoms with Crippen molar-refractivity contribution in [1.29, 1.82) is 0 Å². The van der Waals surface area contributed by atoms with Crippen LogP contribution in [-0.2, 0) is 4.79 Å². The Labute approximate surface area is 84.2 Å². The molecule has 0 saturated carbocycles. The van der Waals surface area contributed by atoms with Gasteiger partial charge in [-0.1, -0.05) is 39.7 Å². The largest absolute Gasteiger partial charge is 0.297 e. The fraction of sp³-hybridized carbons (Fsp3) is 0. The summed E-state index contributed by atoms with van der Waals surface area (Å²) in [5.41, 5.74) is 0.912. The zero-order chi connectivity index (χ0) is 8.97. The molecule has 0 heterocycles. The lowest BCUT2D eigenvalue weighted by Gasteiger charge is -1.92. The Morgan fingerprint density at radius 1 is 1.33 bits per heavy atom. The molecule has 0 aliphatic carbocycles. The highest BCUT2D eigenvalue weighted by atomic mass is 79.9. The topological polar surface area (TPSA) is 17.1 Å². The van der Waals surface area contributed by atoms with E-state index in [9.17, 15) is 4.79 Å². The molecule has 0 amide bonds. The predicted octanol–water partition coefficient (Wildman–Crippen LogP) is 3.23. The Morgan fingerprint density at radius 3 is 2.42 bits per heavy atom. The van der Waals surface area contributed by atoms with Gasteiger partial charge < -0.3 is 0 Å². The van der Waals surface area contributed by atoms with Crippen molar-refractivity contribution < 1.29 is 4.79 Å². The molecule has 0 saturated heterocycles. The Morgan fingerprint density at radius 2 is 1.92 bits per heavy atom. The van der Waals surface area contributed by atoms with Gasteiger partial charge in [-0.2, -0.15) is 0 Å². The Kier molecular flexibility index (Phi) is 3.50. The van der Waals surface area contributed by atoms with Crippen LogP contribution in [0.3, 0.4) is 0 Å². The highest BCUT2D eigenvalue weighted by Gasteiger charge is 1.90. The SMILES string of the molecule is O=C/C(Cl)=C/c1ccc(Br)cc1. The highest BCUT2D eigenvalue weighted by molar-refractivity contribution is 9.10. The molecular weight excluding hydrogens is 239 g/mol. The molecule has 3 heteroatoms. The van der Waals surface area contributed by atoms with Crippen molar-refractivity contribution in [3.8, 4) is 0 Å². The van der Waals surface area contributed by atoms with Gasteiger partial charge in [-0.15, -0.1) is 0 Å². The van der Waals surface area contributed by atoms with Crippen LogP contribution in [0.15, 0.2) is 33.8 Å². The molecule has 0 aromatic heterocycles. The lowest BCUT2D eigenvalue weighted by molar-refractivity contribution is -0.104. The van der Waals surface area contributed by atoms with Crippen LogP contribution in [-0.4, -0.2) is 6.29 Å². The van der Waals surface area contributed by atoms with Crippen molar-refractivity contribution in [1.82, 2.24) is 0 Å². The maximum Gasteiger partial charge on any atom is 0.161 e. The van der Waals surface area contributed by atoms with E-state index in [1.54, 1.807) is 6.08 Å². The third-order valence-corrected chi connectivity index (χ3v) is 2.01. The number of carbonyl (C=O) groups excluding carboxylic acids is 1. The maximum absolute atomic E-state index is 10.2. The third kappa shape index (κ3) is 2.80. The minimum absolute atomic E-state index is 0.206. The second kappa shape index (κ2) is 4.43. The van der Waals surface area contributed by atoms with Crippen LogP contribution in [0.25, 0.3) is 6.08 Å². The van der Waals surface area contributed by atoms with E-state index in [-0.39, 0.29) is 5.03 Å². The summed E-state index contributed by atoms with van der Waals surface area (Å²) in [6, 6.07) is 7.52. The summed E-state index contributed by atoms with van der Waals surface area (Å²) in [6.45, 7) is 0. The Bertz CT molecular complexity index is 303. The quantitative estimate of drug-likeness (QED) is 0.577. The van der Waals surface area contributed by atoms with Crippen molar-refractivity contribution in [2.24, 2.45) is 0 Å². The first-order valence-corrected chi connectivity index (χ1v) is 4.47. The van der Waals surface area contributed by atoms with Gasteiger partial charge in [-0.25, -0.2) is 0 Å². The van der Waals surface area contributed by atoms with E-state index >= 15 is 0 Å². The summed E-state index contributed by atoms with van der Waals surface area (Å²) in [6.07, 6.45) is 2.23. The van der Waals surface area contributed by atoms with E-state index in [1.165, 1.54) is 0 Å². The van der Waals surface area contributed by atoms with E-state index in [0.717, 1.165) is 10.0 Å². The van der Waals surface area contributed by atoms with E-state index in [2.05, 4.69) is 15.9 Å². The summed E-state index contributed by atoms with van der Waals surface area (Å²) < 4.78 is 1.00. The number of allylic oxidation sites excluding steroid dienone is 1. The molecule has 0 radical (unpaired) electrons. The van der Waals surface area contributed by atoms with Crippen LogP contribution in [0, 0.1) is 0 Å². The normalized spacial score (nSPS) is 11.3. The lowest BCUT2D eigenvalue weighted by atomic mass is 10.2. The molecule has 0 bridgehead atoms. The summed E-state index contributed by atoms with van der Waals surface area (Å²) in [5.74, 6) is 0. The minimum atomic E-state index is 0.206. The molecular formula is C9H6BrClO. The fourth-order valence-electron chi connectivity index (χ4n) is 0.752. The van der Waals surface area contributed by atoms with Crippen molar-refractivity contribution in [2.45, 2.75) is 0 Å². The van der Waals surface area contributed by atoms with Crippen molar-refractivity contribution in [2.75, 3.05) is 0 Å². The van der Waals surface area contributed by atoms with Crippen LogP contribution < -0.4 is 0 Å². The van der Waals surface area contributed by atoms with Crippen LogP contribution >= 0.6 is 27.5 Å². The smallest absolute Gasteiger partial charge is 0.161 e. The number of rotatable bonds is 2. The molecule has 0 N–H and O–H groups in total. The van der Waals surface area contributed by atoms with Crippen molar-refractivity contribution in [3.63, 3.8) is 0 Å². The first-order valence-electron chi connectivity index (χ1n) is 3.30. The fourth-order valence-corrected chi connectivity index (χ4v) is 1.14. The van der Waals surface area contributed by atoms with Gasteiger partial charge in [0.15, 0.2) is 6.29 Å². The molecule has 1 aromatic carbocycles. The zero-order valence-corrected chi connectivity index (χ0v) is 8.47. The third-order valence-electron chi connectivity index (χ3n) is 1.29. The highest BCUT2D eigenvalue weighted by Crippen LogP contribution is 2.13. The Hall–Kier alpha value is -0.600. The number of benzene rings is 1. The summed E-state index contributed by atoms with van der Waals surface area (Å²) in [4.78, 5) is 10.2. The summed E-state index contributed by atoms with van der Waals surface area (Å²) in [5, 5.41) is 0.206. The maximum atomic E-state index is 10.2. The number of hydrogen-bond acceptors (Lipinski definition) is 1. The molecule has 0 aliphatic heterocycles. The first kappa shape index (κ1) is 9.49. The molecule has 12 heavy (non-hydrogen) atoms. The molecule has 62 valence electrons. The standard InChI is InChI=1S/C9H6BrClO/c10-8-3-1-7(2-4-8)5-9(11)6-12/h1-6H/b9-5-. The average Bonchev–Trinajstić information content (AvgIpc) is 2.09. The van der Waals surface area contributed by atoms with Gasteiger partial charge in [-0.05, 0) is 23.8 Å². The van der Waals surface area contributed by atoms with E-state index in [1.807, 2.05) is 24.3 Å². The number of aldehydes is 1. The summed E-state index contributed by atoms with van der Waals surface area (Å²) in [7, 11) is 0. The van der Waals surface area contributed by atoms with Gasteiger partial charge in [0.1, 0.15) is 0 Å². The summed E-state index contributed by atoms with van der Waals surface area (Å²) >= 11 is 8.83. The van der Waals surface area contributed by atoms with Gasteiger partial charge >= 0.3 is 0 Å². The second-order valence-corrected chi connectivity index (χ2v) is 3.55. The second-order valence-electron chi connectivity index (χ2n) is 2.20. The predicted molar refractivity (Wildman–Crippen MR) is 54.0 cm³/mol. The van der Waals surface area contributed by atoms with Crippen LogP contribution in [0.2, 0.25) is 0 Å². The van der Waals surface area contributed by atoms with Crippen molar-refractivity contribution >= 4 is 39.9 Å². The molecule has 1 rings (SSSR count). The average molecular weight is 246 g/mol.